The molecule has 3 aromatic rings. The molecule has 4 rings (SSSR count). The Labute approximate surface area is 167 Å². The van der Waals surface area contributed by atoms with Crippen molar-refractivity contribution in [2.24, 2.45) is 0 Å². The number of nitrogens with zero attached hydrogens (tertiary/aromatic N) is 4. The summed E-state index contributed by atoms with van der Waals surface area (Å²) in [6.07, 6.45) is 5.57. The van der Waals surface area contributed by atoms with Gasteiger partial charge in [-0.25, -0.2) is 14.1 Å². The van der Waals surface area contributed by atoms with Gasteiger partial charge in [-0.1, -0.05) is 6.07 Å². The van der Waals surface area contributed by atoms with Crippen molar-refractivity contribution in [2.75, 3.05) is 18.4 Å². The van der Waals surface area contributed by atoms with Crippen LogP contribution < -0.4 is 5.32 Å². The van der Waals surface area contributed by atoms with Crippen LogP contribution in [0.4, 0.5) is 10.2 Å². The zero-order valence-electron chi connectivity index (χ0n) is 15.6. The number of carbonyl (C=O) groups is 1. The largest absolute Gasteiger partial charge is 0.307 e. The Bertz CT molecular complexity index is 961. The second-order valence-electron chi connectivity index (χ2n) is 6.98. The highest BCUT2D eigenvalue weighted by atomic mass is 32.1. The highest BCUT2D eigenvalue weighted by Crippen LogP contribution is 2.27. The van der Waals surface area contributed by atoms with Crippen LogP contribution in [0.3, 0.4) is 0 Å². The fourth-order valence-corrected chi connectivity index (χ4v) is 4.38. The Kier molecular flexibility index (Phi) is 5.50. The van der Waals surface area contributed by atoms with Crippen LogP contribution >= 0.6 is 11.3 Å². The van der Waals surface area contributed by atoms with Crippen LogP contribution in [0.2, 0.25) is 0 Å². The number of thiazole rings is 1. The number of aryl methyl sites for hydroxylation is 1. The van der Waals surface area contributed by atoms with E-state index < -0.39 is 5.82 Å². The molecule has 1 aliphatic heterocycles. The van der Waals surface area contributed by atoms with E-state index >= 15 is 0 Å². The van der Waals surface area contributed by atoms with E-state index in [1.54, 1.807) is 29.7 Å². The molecule has 0 bridgehead atoms. The molecular weight excluding hydrogens is 377 g/mol. The summed E-state index contributed by atoms with van der Waals surface area (Å²) in [6, 6.07) is 7.69. The summed E-state index contributed by atoms with van der Waals surface area (Å²) in [7, 11) is 0. The number of amides is 1. The molecule has 0 aliphatic carbocycles. The Morgan fingerprint density at radius 3 is 2.86 bits per heavy atom. The van der Waals surface area contributed by atoms with Crippen LogP contribution in [-0.4, -0.2) is 38.7 Å². The number of anilines is 1. The highest BCUT2D eigenvalue weighted by Gasteiger charge is 2.23. The van der Waals surface area contributed by atoms with Gasteiger partial charge in [0.2, 0.25) is 0 Å². The van der Waals surface area contributed by atoms with E-state index in [0.717, 1.165) is 37.5 Å². The molecule has 6 nitrogen and oxygen atoms in total. The Morgan fingerprint density at radius 1 is 1.32 bits per heavy atom. The van der Waals surface area contributed by atoms with Gasteiger partial charge in [0.1, 0.15) is 11.6 Å². The molecule has 146 valence electrons. The zero-order chi connectivity index (χ0) is 19.5. The minimum atomic E-state index is -0.426. The summed E-state index contributed by atoms with van der Waals surface area (Å²) in [6.45, 7) is 4.90. The third kappa shape index (κ3) is 4.28. The molecular formula is C20H22FN5OS. The number of nitrogens with one attached hydrogen (secondary N) is 1. The lowest BCUT2D eigenvalue weighted by atomic mass is 10.1. The first-order valence-corrected chi connectivity index (χ1v) is 10.1. The van der Waals surface area contributed by atoms with Gasteiger partial charge >= 0.3 is 0 Å². The van der Waals surface area contributed by atoms with Gasteiger partial charge in [-0.15, -0.1) is 11.3 Å². The molecule has 0 saturated carbocycles. The molecule has 0 radical (unpaired) electrons. The Morgan fingerprint density at radius 2 is 2.14 bits per heavy atom. The number of carbonyl (C=O) groups excluding carboxylic acids is 1. The van der Waals surface area contributed by atoms with Crippen molar-refractivity contribution in [3.05, 3.63) is 64.0 Å². The Balaban J connectivity index is 1.37. The topological polar surface area (TPSA) is 63.1 Å². The van der Waals surface area contributed by atoms with Gasteiger partial charge < -0.3 is 5.32 Å². The smallest absolute Gasteiger partial charge is 0.256 e. The third-order valence-corrected chi connectivity index (χ3v) is 5.85. The van der Waals surface area contributed by atoms with Crippen LogP contribution in [0.5, 0.6) is 0 Å². The molecule has 0 atom stereocenters. The van der Waals surface area contributed by atoms with Crippen LogP contribution in [0.15, 0.2) is 42.7 Å². The molecule has 1 N–H and O–H groups in total. The first-order valence-electron chi connectivity index (χ1n) is 9.32. The summed E-state index contributed by atoms with van der Waals surface area (Å²) in [5.74, 6) is -0.116. The van der Waals surface area contributed by atoms with Crippen molar-refractivity contribution in [1.82, 2.24) is 19.7 Å². The number of aromatic nitrogens is 3. The van der Waals surface area contributed by atoms with Crippen LogP contribution in [0, 0.1) is 12.7 Å². The van der Waals surface area contributed by atoms with Crippen LogP contribution in [0.25, 0.3) is 0 Å². The predicted molar refractivity (Wildman–Crippen MR) is 107 cm³/mol. The summed E-state index contributed by atoms with van der Waals surface area (Å²) in [4.78, 5) is 20.5. The van der Waals surface area contributed by atoms with Gasteiger partial charge in [-0.3, -0.25) is 9.69 Å². The van der Waals surface area contributed by atoms with Gasteiger partial charge in [-0.2, -0.15) is 5.10 Å². The molecule has 2 aromatic heterocycles. The van der Waals surface area contributed by atoms with E-state index in [2.05, 4.69) is 20.3 Å². The molecule has 28 heavy (non-hydrogen) atoms. The maximum Gasteiger partial charge on any atom is 0.256 e. The minimum absolute atomic E-state index is 0.234. The van der Waals surface area contributed by atoms with E-state index in [4.69, 9.17) is 0 Å². The van der Waals surface area contributed by atoms with E-state index in [-0.39, 0.29) is 11.9 Å². The monoisotopic (exact) mass is 399 g/mol. The van der Waals surface area contributed by atoms with E-state index in [0.29, 0.717) is 11.4 Å². The quantitative estimate of drug-likeness (QED) is 0.707. The van der Waals surface area contributed by atoms with Crippen molar-refractivity contribution in [2.45, 2.75) is 32.4 Å². The normalized spacial score (nSPS) is 15.6. The van der Waals surface area contributed by atoms with Crippen LogP contribution in [0.1, 0.15) is 39.1 Å². The molecule has 0 unspecified atom stereocenters. The summed E-state index contributed by atoms with van der Waals surface area (Å²) < 4.78 is 15.2. The second kappa shape index (κ2) is 8.20. The van der Waals surface area contributed by atoms with Gasteiger partial charge in [0.15, 0.2) is 0 Å². The average molecular weight is 399 g/mol. The number of halogens is 1. The predicted octanol–water partition coefficient (Wildman–Crippen LogP) is 3.88. The first-order chi connectivity index (χ1) is 13.6. The Hall–Kier alpha value is -2.58. The molecule has 0 spiro atoms. The fraction of sp³-hybridized carbons (Fsp3) is 0.350. The first kappa shape index (κ1) is 18.8. The number of piperidine rings is 1. The van der Waals surface area contributed by atoms with Crippen molar-refractivity contribution in [3.8, 4) is 0 Å². The van der Waals surface area contributed by atoms with E-state index in [9.17, 15) is 9.18 Å². The van der Waals surface area contributed by atoms with Crippen molar-refractivity contribution in [3.63, 3.8) is 0 Å². The summed E-state index contributed by atoms with van der Waals surface area (Å²) >= 11 is 1.74. The second-order valence-corrected chi connectivity index (χ2v) is 8.30. The van der Waals surface area contributed by atoms with Crippen molar-refractivity contribution in [1.29, 1.82) is 0 Å². The van der Waals surface area contributed by atoms with Gasteiger partial charge in [0.05, 0.1) is 17.2 Å². The van der Waals surface area contributed by atoms with Crippen LogP contribution in [-0.2, 0) is 6.54 Å². The highest BCUT2D eigenvalue weighted by molar-refractivity contribution is 7.11. The molecule has 1 amide bonds. The molecule has 1 saturated heterocycles. The van der Waals surface area contributed by atoms with Gasteiger partial charge in [0, 0.05) is 42.3 Å². The molecule has 1 aliphatic rings. The molecule has 1 fully saturated rings. The van der Waals surface area contributed by atoms with E-state index in [1.807, 2.05) is 17.8 Å². The summed E-state index contributed by atoms with van der Waals surface area (Å²) in [5.41, 5.74) is 0.294. The lowest BCUT2D eigenvalue weighted by molar-refractivity contribution is 0.102. The lowest BCUT2D eigenvalue weighted by Crippen LogP contribution is -2.34. The number of hydrogen-bond acceptors (Lipinski definition) is 5. The third-order valence-electron chi connectivity index (χ3n) is 4.95. The SMILES string of the molecule is Cc1ncc(CN2CCC(n3nccc3NC(=O)c3cccc(F)c3)CC2)s1. The number of hydrogen-bond donors (Lipinski definition) is 1. The maximum absolute atomic E-state index is 13.4. The van der Waals surface area contributed by atoms with Crippen molar-refractivity contribution < 1.29 is 9.18 Å². The average Bonchev–Trinajstić information content (AvgIpc) is 3.31. The molecule has 3 heterocycles. The van der Waals surface area contributed by atoms with Gasteiger partial charge in [0.25, 0.3) is 5.91 Å². The number of rotatable bonds is 5. The maximum atomic E-state index is 13.4. The number of likely N-dealkylation sites (tertiary alicyclic amines) is 1. The van der Waals surface area contributed by atoms with Gasteiger partial charge in [-0.05, 0) is 38.0 Å². The van der Waals surface area contributed by atoms with Crippen molar-refractivity contribution >= 4 is 23.1 Å². The van der Waals surface area contributed by atoms with E-state index in [1.165, 1.54) is 23.1 Å². The minimum Gasteiger partial charge on any atom is -0.307 e. The lowest BCUT2D eigenvalue weighted by Gasteiger charge is -2.32. The summed E-state index contributed by atoms with van der Waals surface area (Å²) in [5, 5.41) is 8.38. The fourth-order valence-electron chi connectivity index (χ4n) is 3.54. The standard InChI is InChI=1S/C20H22FN5OS/c1-14-22-12-18(28-14)13-25-9-6-17(7-10-25)26-19(5-8-23-26)24-20(27)15-3-2-4-16(21)11-15/h2-5,8,11-12,17H,6-7,9-10,13H2,1H3,(H,24,27). The number of benzene rings is 1. The molecule has 1 aromatic carbocycles. The molecule has 8 heteroatoms. The zero-order valence-corrected chi connectivity index (χ0v) is 16.5.